The summed E-state index contributed by atoms with van der Waals surface area (Å²) in [4.78, 5) is 2.65. The molecule has 1 heterocycles. The highest BCUT2D eigenvalue weighted by molar-refractivity contribution is 5.22. The van der Waals surface area contributed by atoms with Gasteiger partial charge in [0.25, 0.3) is 0 Å². The van der Waals surface area contributed by atoms with E-state index < -0.39 is 0 Å². The highest BCUT2D eigenvalue weighted by Gasteiger charge is 2.24. The van der Waals surface area contributed by atoms with Gasteiger partial charge in [-0.1, -0.05) is 30.7 Å². The summed E-state index contributed by atoms with van der Waals surface area (Å²) in [5.41, 5.74) is 2.80. The van der Waals surface area contributed by atoms with Gasteiger partial charge in [0, 0.05) is 25.2 Å². The molecule has 1 aromatic rings. The van der Waals surface area contributed by atoms with Crippen molar-refractivity contribution < 1.29 is 0 Å². The number of rotatable bonds is 4. The van der Waals surface area contributed by atoms with E-state index in [0.717, 1.165) is 25.2 Å². The summed E-state index contributed by atoms with van der Waals surface area (Å²) in [5, 5.41) is 3.19. The first-order valence-electron chi connectivity index (χ1n) is 7.19. The van der Waals surface area contributed by atoms with Crippen molar-refractivity contribution >= 4 is 0 Å². The predicted octanol–water partition coefficient (Wildman–Crippen LogP) is 3.17. The number of nitrogens with one attached hydrogen (secondary N) is 1. The zero-order valence-corrected chi connectivity index (χ0v) is 11.9. The van der Waals surface area contributed by atoms with Crippen LogP contribution in [0.4, 0.5) is 0 Å². The van der Waals surface area contributed by atoms with Crippen LogP contribution in [-0.4, -0.2) is 24.0 Å². The third kappa shape index (κ3) is 3.33. The molecular formula is C16H26N2. The average molecular weight is 246 g/mol. The topological polar surface area (TPSA) is 15.3 Å². The van der Waals surface area contributed by atoms with Crippen LogP contribution in [0.15, 0.2) is 24.3 Å². The van der Waals surface area contributed by atoms with E-state index in [-0.39, 0.29) is 0 Å². The Morgan fingerprint density at radius 2 is 1.61 bits per heavy atom. The molecule has 1 aliphatic heterocycles. The SMILES string of the molecule is CNCc1ccc(CN2[C@H](C)CCC[C@@H]2C)cc1. The molecule has 0 aliphatic carbocycles. The fourth-order valence-corrected chi connectivity index (χ4v) is 2.96. The van der Waals surface area contributed by atoms with E-state index in [2.05, 4.69) is 48.3 Å². The zero-order valence-electron chi connectivity index (χ0n) is 11.9. The fourth-order valence-electron chi connectivity index (χ4n) is 2.96. The molecule has 0 spiro atoms. The van der Waals surface area contributed by atoms with Gasteiger partial charge in [-0.3, -0.25) is 4.90 Å². The summed E-state index contributed by atoms with van der Waals surface area (Å²) in [6, 6.07) is 10.5. The van der Waals surface area contributed by atoms with Crippen LogP contribution < -0.4 is 5.32 Å². The maximum atomic E-state index is 3.19. The van der Waals surface area contributed by atoms with Crippen LogP contribution in [-0.2, 0) is 13.1 Å². The van der Waals surface area contributed by atoms with Crippen LogP contribution in [0.1, 0.15) is 44.2 Å². The summed E-state index contributed by atoms with van der Waals surface area (Å²) < 4.78 is 0. The maximum Gasteiger partial charge on any atom is 0.0239 e. The summed E-state index contributed by atoms with van der Waals surface area (Å²) >= 11 is 0. The molecule has 0 unspecified atom stereocenters. The molecular weight excluding hydrogens is 220 g/mol. The lowest BCUT2D eigenvalue weighted by atomic mass is 9.96. The fraction of sp³-hybridized carbons (Fsp3) is 0.625. The summed E-state index contributed by atoms with van der Waals surface area (Å²) in [6.45, 7) is 6.79. The van der Waals surface area contributed by atoms with Gasteiger partial charge in [-0.2, -0.15) is 0 Å². The van der Waals surface area contributed by atoms with E-state index >= 15 is 0 Å². The zero-order chi connectivity index (χ0) is 13.0. The molecule has 0 aromatic heterocycles. The van der Waals surface area contributed by atoms with Crippen LogP contribution in [0.25, 0.3) is 0 Å². The Labute approximate surface area is 111 Å². The predicted molar refractivity (Wildman–Crippen MR) is 77.5 cm³/mol. The lowest BCUT2D eigenvalue weighted by Crippen LogP contribution is -2.42. The average Bonchev–Trinajstić information content (AvgIpc) is 2.36. The van der Waals surface area contributed by atoms with Crippen molar-refractivity contribution in [2.75, 3.05) is 7.05 Å². The second-order valence-electron chi connectivity index (χ2n) is 5.65. The van der Waals surface area contributed by atoms with Crippen molar-refractivity contribution in [3.8, 4) is 0 Å². The Bertz CT molecular complexity index is 348. The molecule has 0 bridgehead atoms. The molecule has 1 N–H and O–H groups in total. The smallest absolute Gasteiger partial charge is 0.0239 e. The number of hydrogen-bond acceptors (Lipinski definition) is 2. The van der Waals surface area contributed by atoms with Gasteiger partial charge in [0.15, 0.2) is 0 Å². The molecule has 2 atom stereocenters. The van der Waals surface area contributed by atoms with Crippen molar-refractivity contribution in [2.24, 2.45) is 0 Å². The van der Waals surface area contributed by atoms with Crippen molar-refractivity contribution in [3.63, 3.8) is 0 Å². The minimum atomic E-state index is 0.728. The van der Waals surface area contributed by atoms with Gasteiger partial charge in [-0.05, 0) is 44.9 Å². The van der Waals surface area contributed by atoms with Gasteiger partial charge in [0.2, 0.25) is 0 Å². The first kappa shape index (κ1) is 13.6. The minimum Gasteiger partial charge on any atom is -0.316 e. The molecule has 100 valence electrons. The Hall–Kier alpha value is -0.860. The Balaban J connectivity index is 1.99. The molecule has 1 fully saturated rings. The number of hydrogen-bond donors (Lipinski definition) is 1. The van der Waals surface area contributed by atoms with Crippen molar-refractivity contribution in [2.45, 2.75) is 58.3 Å². The molecule has 2 nitrogen and oxygen atoms in total. The molecule has 1 aromatic carbocycles. The van der Waals surface area contributed by atoms with Crippen LogP contribution in [0, 0.1) is 0 Å². The highest BCUT2D eigenvalue weighted by atomic mass is 15.2. The number of nitrogens with zero attached hydrogens (tertiary/aromatic N) is 1. The molecule has 1 saturated heterocycles. The lowest BCUT2D eigenvalue weighted by Gasteiger charge is -2.39. The van der Waals surface area contributed by atoms with E-state index in [1.807, 2.05) is 7.05 Å². The monoisotopic (exact) mass is 246 g/mol. The van der Waals surface area contributed by atoms with Crippen molar-refractivity contribution in [1.82, 2.24) is 10.2 Å². The first-order chi connectivity index (χ1) is 8.70. The van der Waals surface area contributed by atoms with Crippen LogP contribution in [0.2, 0.25) is 0 Å². The second kappa shape index (κ2) is 6.35. The third-order valence-corrected chi connectivity index (χ3v) is 4.15. The maximum absolute atomic E-state index is 3.19. The van der Waals surface area contributed by atoms with Crippen LogP contribution >= 0.6 is 0 Å². The van der Waals surface area contributed by atoms with Crippen molar-refractivity contribution in [3.05, 3.63) is 35.4 Å². The second-order valence-corrected chi connectivity index (χ2v) is 5.65. The van der Waals surface area contributed by atoms with Crippen LogP contribution in [0.3, 0.4) is 0 Å². The highest BCUT2D eigenvalue weighted by Crippen LogP contribution is 2.24. The molecule has 0 radical (unpaired) electrons. The quantitative estimate of drug-likeness (QED) is 0.878. The number of likely N-dealkylation sites (tertiary alicyclic amines) is 1. The number of benzene rings is 1. The van der Waals surface area contributed by atoms with Crippen molar-refractivity contribution in [1.29, 1.82) is 0 Å². The van der Waals surface area contributed by atoms with Gasteiger partial charge in [0.05, 0.1) is 0 Å². The Morgan fingerprint density at radius 3 is 2.17 bits per heavy atom. The molecule has 2 rings (SSSR count). The number of piperidine rings is 1. The van der Waals surface area contributed by atoms with E-state index in [9.17, 15) is 0 Å². The van der Waals surface area contributed by atoms with E-state index in [4.69, 9.17) is 0 Å². The Morgan fingerprint density at radius 1 is 1.06 bits per heavy atom. The van der Waals surface area contributed by atoms with E-state index in [1.54, 1.807) is 0 Å². The third-order valence-electron chi connectivity index (χ3n) is 4.15. The van der Waals surface area contributed by atoms with E-state index in [1.165, 1.54) is 30.4 Å². The summed E-state index contributed by atoms with van der Waals surface area (Å²) in [5.74, 6) is 0. The Kier molecular flexibility index (Phi) is 4.79. The largest absolute Gasteiger partial charge is 0.316 e. The van der Waals surface area contributed by atoms with Gasteiger partial charge < -0.3 is 5.32 Å². The molecule has 18 heavy (non-hydrogen) atoms. The van der Waals surface area contributed by atoms with Gasteiger partial charge in [-0.15, -0.1) is 0 Å². The molecule has 1 aliphatic rings. The molecule has 0 saturated carbocycles. The standard InChI is InChI=1S/C16H26N2/c1-13-5-4-6-14(2)18(13)12-16-9-7-15(8-10-16)11-17-3/h7-10,13-14,17H,4-6,11-12H2,1-3H3/t13-,14+. The van der Waals surface area contributed by atoms with Gasteiger partial charge in [0.1, 0.15) is 0 Å². The lowest BCUT2D eigenvalue weighted by molar-refractivity contribution is 0.0953. The minimum absolute atomic E-state index is 0.728. The van der Waals surface area contributed by atoms with Gasteiger partial charge >= 0.3 is 0 Å². The van der Waals surface area contributed by atoms with E-state index in [0.29, 0.717) is 0 Å². The summed E-state index contributed by atoms with van der Waals surface area (Å²) in [7, 11) is 1.99. The first-order valence-corrected chi connectivity index (χ1v) is 7.19. The van der Waals surface area contributed by atoms with Crippen LogP contribution in [0.5, 0.6) is 0 Å². The molecule has 0 amide bonds. The summed E-state index contributed by atoms with van der Waals surface area (Å²) in [6.07, 6.45) is 4.09. The molecule has 2 heteroatoms. The normalized spacial score (nSPS) is 25.3. The van der Waals surface area contributed by atoms with Gasteiger partial charge in [-0.25, -0.2) is 0 Å².